The Kier molecular flexibility index (Phi) is 5.25. The first-order valence-corrected chi connectivity index (χ1v) is 10.6. The number of hydrogen-bond donors (Lipinski definition) is 1. The first-order valence-electron chi connectivity index (χ1n) is 8.76. The Hall–Kier alpha value is -1.40. The van der Waals surface area contributed by atoms with E-state index in [0.29, 0.717) is 25.6 Å². The van der Waals surface area contributed by atoms with Crippen molar-refractivity contribution in [2.24, 2.45) is 5.92 Å². The maximum absolute atomic E-state index is 12.5. The predicted molar refractivity (Wildman–Crippen MR) is 94.3 cm³/mol. The summed E-state index contributed by atoms with van der Waals surface area (Å²) in [5.74, 6) is 0.132. The van der Waals surface area contributed by atoms with Crippen LogP contribution in [0.4, 0.5) is 0 Å². The molecule has 1 aromatic rings. The molecule has 3 rings (SSSR count). The molecule has 1 saturated heterocycles. The van der Waals surface area contributed by atoms with Crippen molar-refractivity contribution in [2.45, 2.75) is 38.0 Å². The maximum Gasteiger partial charge on any atom is 0.224 e. The van der Waals surface area contributed by atoms with Crippen LogP contribution in [0.15, 0.2) is 24.3 Å². The van der Waals surface area contributed by atoms with Crippen LogP contribution in [0.3, 0.4) is 0 Å². The van der Waals surface area contributed by atoms with Crippen molar-refractivity contribution in [3.63, 3.8) is 0 Å². The summed E-state index contributed by atoms with van der Waals surface area (Å²) in [5, 5.41) is 3.07. The van der Waals surface area contributed by atoms with Crippen molar-refractivity contribution in [2.75, 3.05) is 25.9 Å². The SMILES string of the molecule is CS(=O)(=O)N1CCCC(C(=O)NCC2CCCc3ccccc32)C1. The lowest BCUT2D eigenvalue weighted by Crippen LogP contribution is -2.45. The fourth-order valence-corrected chi connectivity index (χ4v) is 4.80. The molecule has 1 aliphatic heterocycles. The summed E-state index contributed by atoms with van der Waals surface area (Å²) < 4.78 is 24.8. The van der Waals surface area contributed by atoms with Gasteiger partial charge >= 0.3 is 0 Å². The van der Waals surface area contributed by atoms with Crippen molar-refractivity contribution in [1.29, 1.82) is 0 Å². The number of sulfonamides is 1. The lowest BCUT2D eigenvalue weighted by molar-refractivity contribution is -0.126. The highest BCUT2D eigenvalue weighted by molar-refractivity contribution is 7.88. The molecule has 0 spiro atoms. The van der Waals surface area contributed by atoms with Gasteiger partial charge in [0.25, 0.3) is 0 Å². The highest BCUT2D eigenvalue weighted by atomic mass is 32.2. The minimum absolute atomic E-state index is 0.00796. The Labute approximate surface area is 144 Å². The molecule has 2 aliphatic rings. The van der Waals surface area contributed by atoms with E-state index in [9.17, 15) is 13.2 Å². The van der Waals surface area contributed by atoms with Gasteiger partial charge in [-0.3, -0.25) is 4.79 Å². The van der Waals surface area contributed by atoms with Crippen molar-refractivity contribution < 1.29 is 13.2 Å². The van der Waals surface area contributed by atoms with E-state index >= 15 is 0 Å². The maximum atomic E-state index is 12.5. The van der Waals surface area contributed by atoms with Crippen molar-refractivity contribution in [3.8, 4) is 0 Å². The first-order chi connectivity index (χ1) is 11.4. The number of hydrogen-bond acceptors (Lipinski definition) is 3. The van der Waals surface area contributed by atoms with Crippen LogP contribution in [-0.2, 0) is 21.2 Å². The number of aryl methyl sites for hydroxylation is 1. The number of carbonyl (C=O) groups excluding carboxylic acids is 1. The zero-order chi connectivity index (χ0) is 17.2. The normalized spacial score (nSPS) is 25.0. The summed E-state index contributed by atoms with van der Waals surface area (Å²) in [6, 6.07) is 8.47. The Morgan fingerprint density at radius 3 is 2.83 bits per heavy atom. The van der Waals surface area contributed by atoms with Crippen LogP contribution in [0.2, 0.25) is 0 Å². The number of benzene rings is 1. The van der Waals surface area contributed by atoms with E-state index in [1.807, 2.05) is 0 Å². The van der Waals surface area contributed by atoms with Gasteiger partial charge in [0, 0.05) is 25.6 Å². The zero-order valence-corrected chi connectivity index (χ0v) is 15.0. The summed E-state index contributed by atoms with van der Waals surface area (Å²) in [5.41, 5.74) is 2.74. The number of nitrogens with one attached hydrogen (secondary N) is 1. The van der Waals surface area contributed by atoms with Gasteiger partial charge in [0.1, 0.15) is 0 Å². The molecule has 1 fully saturated rings. The van der Waals surface area contributed by atoms with Crippen molar-refractivity contribution >= 4 is 15.9 Å². The fourth-order valence-electron chi connectivity index (χ4n) is 3.89. The van der Waals surface area contributed by atoms with Gasteiger partial charge in [-0.1, -0.05) is 24.3 Å². The van der Waals surface area contributed by atoms with E-state index in [2.05, 4.69) is 29.6 Å². The van der Waals surface area contributed by atoms with Gasteiger partial charge in [0.15, 0.2) is 0 Å². The molecule has 1 aromatic carbocycles. The molecule has 1 heterocycles. The second-order valence-corrected chi connectivity index (χ2v) is 8.98. The molecule has 0 saturated carbocycles. The van der Waals surface area contributed by atoms with Crippen LogP contribution >= 0.6 is 0 Å². The predicted octanol–water partition coefficient (Wildman–Crippen LogP) is 1.89. The molecule has 132 valence electrons. The smallest absolute Gasteiger partial charge is 0.224 e. The summed E-state index contributed by atoms with van der Waals surface area (Å²) in [6.45, 7) is 1.48. The molecule has 6 heteroatoms. The lowest BCUT2D eigenvalue weighted by Gasteiger charge is -2.31. The molecule has 5 nitrogen and oxygen atoms in total. The molecule has 1 aliphatic carbocycles. The number of rotatable bonds is 4. The topological polar surface area (TPSA) is 66.5 Å². The Morgan fingerprint density at radius 2 is 2.04 bits per heavy atom. The number of carbonyl (C=O) groups is 1. The Balaban J connectivity index is 1.58. The van der Waals surface area contributed by atoms with Crippen LogP contribution in [0.1, 0.15) is 42.7 Å². The number of piperidine rings is 1. The summed E-state index contributed by atoms with van der Waals surface area (Å²) in [4.78, 5) is 12.5. The number of nitrogens with zero attached hydrogens (tertiary/aromatic N) is 1. The lowest BCUT2D eigenvalue weighted by atomic mass is 9.83. The summed E-state index contributed by atoms with van der Waals surface area (Å²) >= 11 is 0. The molecule has 2 unspecified atom stereocenters. The van der Waals surface area contributed by atoms with Gasteiger partial charge in [-0.15, -0.1) is 0 Å². The molecule has 0 aromatic heterocycles. The van der Waals surface area contributed by atoms with Crippen LogP contribution < -0.4 is 5.32 Å². The molecule has 2 atom stereocenters. The first kappa shape index (κ1) is 17.4. The Morgan fingerprint density at radius 1 is 1.25 bits per heavy atom. The van der Waals surface area contributed by atoms with E-state index in [0.717, 1.165) is 32.1 Å². The van der Waals surface area contributed by atoms with E-state index in [1.54, 1.807) is 0 Å². The number of fused-ring (bicyclic) bond motifs is 1. The van der Waals surface area contributed by atoms with E-state index in [1.165, 1.54) is 21.7 Å². The summed E-state index contributed by atoms with van der Waals surface area (Å²) in [7, 11) is -3.21. The second-order valence-electron chi connectivity index (χ2n) is 6.99. The van der Waals surface area contributed by atoms with Crippen molar-refractivity contribution in [3.05, 3.63) is 35.4 Å². The quantitative estimate of drug-likeness (QED) is 0.902. The van der Waals surface area contributed by atoms with Gasteiger partial charge in [-0.25, -0.2) is 12.7 Å². The molecule has 1 N–H and O–H groups in total. The average molecular weight is 350 g/mol. The minimum Gasteiger partial charge on any atom is -0.355 e. The zero-order valence-electron chi connectivity index (χ0n) is 14.2. The molecule has 1 amide bonds. The second kappa shape index (κ2) is 7.23. The van der Waals surface area contributed by atoms with Gasteiger partial charge in [0.2, 0.25) is 15.9 Å². The van der Waals surface area contributed by atoms with Crippen LogP contribution in [0.25, 0.3) is 0 Å². The third kappa shape index (κ3) is 3.98. The number of amides is 1. The van der Waals surface area contributed by atoms with Gasteiger partial charge < -0.3 is 5.32 Å². The summed E-state index contributed by atoms with van der Waals surface area (Å²) in [6.07, 6.45) is 6.09. The highest BCUT2D eigenvalue weighted by Crippen LogP contribution is 2.31. The van der Waals surface area contributed by atoms with E-state index in [-0.39, 0.29) is 11.8 Å². The molecule has 0 bridgehead atoms. The largest absolute Gasteiger partial charge is 0.355 e. The van der Waals surface area contributed by atoms with E-state index in [4.69, 9.17) is 0 Å². The molecule has 0 radical (unpaired) electrons. The fraction of sp³-hybridized carbons (Fsp3) is 0.611. The molecular formula is C18H26N2O3S. The average Bonchev–Trinajstić information content (AvgIpc) is 2.59. The standard InChI is InChI=1S/C18H26N2O3S/c1-24(22,23)20-11-5-9-16(13-20)18(21)19-12-15-8-4-7-14-6-2-3-10-17(14)15/h2-3,6,10,15-16H,4-5,7-9,11-13H2,1H3,(H,19,21). The third-order valence-electron chi connectivity index (χ3n) is 5.24. The van der Waals surface area contributed by atoms with Gasteiger partial charge in [0.05, 0.1) is 12.2 Å². The molecule has 24 heavy (non-hydrogen) atoms. The third-order valence-corrected chi connectivity index (χ3v) is 6.51. The Bertz CT molecular complexity index is 702. The van der Waals surface area contributed by atoms with Crippen molar-refractivity contribution in [1.82, 2.24) is 9.62 Å². The van der Waals surface area contributed by atoms with Crippen LogP contribution in [-0.4, -0.2) is 44.5 Å². The van der Waals surface area contributed by atoms with Crippen LogP contribution in [0, 0.1) is 5.92 Å². The van der Waals surface area contributed by atoms with Gasteiger partial charge in [-0.05, 0) is 43.2 Å². The monoisotopic (exact) mass is 350 g/mol. The van der Waals surface area contributed by atoms with Crippen LogP contribution in [0.5, 0.6) is 0 Å². The molecular weight excluding hydrogens is 324 g/mol. The minimum atomic E-state index is -3.21. The van der Waals surface area contributed by atoms with E-state index < -0.39 is 10.0 Å². The van der Waals surface area contributed by atoms with Gasteiger partial charge in [-0.2, -0.15) is 0 Å². The highest BCUT2D eigenvalue weighted by Gasteiger charge is 2.30.